The Hall–Kier alpha value is -3.90. The predicted octanol–water partition coefficient (Wildman–Crippen LogP) is 8.91. The molecular weight excluding hydrogens is 384 g/mol. The summed E-state index contributed by atoms with van der Waals surface area (Å²) in [7, 11) is 0. The molecule has 0 aromatic heterocycles. The van der Waals surface area contributed by atoms with E-state index in [9.17, 15) is 0 Å². The van der Waals surface area contributed by atoms with Gasteiger partial charge in [-0.05, 0) is 46.9 Å². The zero-order valence-corrected chi connectivity index (χ0v) is 18.7. The van der Waals surface area contributed by atoms with Crippen LogP contribution in [0.1, 0.15) is 33.4 Å². The maximum Gasteiger partial charge on any atom is -0.0105 e. The van der Waals surface area contributed by atoms with Crippen LogP contribution < -0.4 is 0 Å². The highest BCUT2D eigenvalue weighted by molar-refractivity contribution is 5.96. The van der Waals surface area contributed by atoms with Crippen molar-refractivity contribution in [2.75, 3.05) is 0 Å². The highest BCUT2D eigenvalue weighted by Crippen LogP contribution is 2.24. The van der Waals surface area contributed by atoms with Crippen molar-refractivity contribution >= 4 is 35.1 Å². The zero-order chi connectivity index (χ0) is 22.2. The fraction of sp³-hybridized carbons (Fsp3) is 0.0625. The summed E-state index contributed by atoms with van der Waals surface area (Å²) in [5.41, 5.74) is 7.43. The molecule has 0 heterocycles. The van der Waals surface area contributed by atoms with Crippen LogP contribution in [0.15, 0.2) is 109 Å². The van der Waals surface area contributed by atoms with Gasteiger partial charge in [-0.3, -0.25) is 0 Å². The topological polar surface area (TPSA) is 0 Å². The van der Waals surface area contributed by atoms with Crippen LogP contribution in [-0.2, 0) is 0 Å². The van der Waals surface area contributed by atoms with E-state index in [1.165, 1.54) is 44.2 Å². The molecule has 32 heavy (non-hydrogen) atoms. The monoisotopic (exact) mass is 412 g/mol. The van der Waals surface area contributed by atoms with Gasteiger partial charge in [-0.1, -0.05) is 145 Å². The molecule has 0 amide bonds. The Balaban J connectivity index is 1.51. The van der Waals surface area contributed by atoms with Crippen LogP contribution in [-0.4, -0.2) is 0 Å². The molecule has 0 aliphatic carbocycles. The van der Waals surface area contributed by atoms with E-state index < -0.39 is 0 Å². The maximum absolute atomic E-state index is 2.19. The highest BCUT2D eigenvalue weighted by Gasteiger charge is 2.00. The second kappa shape index (κ2) is 10.4. The number of benzene rings is 4. The molecule has 0 radical (unpaired) electrons. The number of rotatable bonds is 6. The summed E-state index contributed by atoms with van der Waals surface area (Å²) in [5, 5.41) is 2.52. The van der Waals surface area contributed by atoms with E-state index in [1.807, 2.05) is 0 Å². The van der Waals surface area contributed by atoms with Gasteiger partial charge in [0.15, 0.2) is 0 Å². The van der Waals surface area contributed by atoms with Gasteiger partial charge < -0.3 is 0 Å². The minimum atomic E-state index is 1.21. The molecule has 4 rings (SSSR count). The van der Waals surface area contributed by atoms with Crippen molar-refractivity contribution in [3.05, 3.63) is 143 Å². The summed E-state index contributed by atoms with van der Waals surface area (Å²) in [6.07, 6.45) is 17.1. The normalized spacial score (nSPS) is 12.2. The van der Waals surface area contributed by atoms with Crippen molar-refractivity contribution in [1.82, 2.24) is 0 Å². The molecule has 0 nitrogen and oxygen atoms in total. The van der Waals surface area contributed by atoms with E-state index in [1.54, 1.807) is 0 Å². The van der Waals surface area contributed by atoms with Crippen LogP contribution in [0.4, 0.5) is 0 Å². The fourth-order valence-corrected chi connectivity index (χ4v) is 3.66. The lowest BCUT2D eigenvalue weighted by molar-refractivity contribution is 1.46. The van der Waals surface area contributed by atoms with Crippen molar-refractivity contribution in [2.24, 2.45) is 0 Å². The molecule has 0 spiro atoms. The van der Waals surface area contributed by atoms with E-state index >= 15 is 0 Å². The fourth-order valence-electron chi connectivity index (χ4n) is 3.66. The first-order chi connectivity index (χ1) is 15.7. The average molecular weight is 413 g/mol. The third-order valence-corrected chi connectivity index (χ3v) is 5.50. The largest absolute Gasteiger partial charge is 0.0617 e. The lowest BCUT2D eigenvalue weighted by Gasteiger charge is -2.05. The summed E-state index contributed by atoms with van der Waals surface area (Å²) in [6.45, 7) is 4.22. The number of hydrogen-bond donors (Lipinski definition) is 0. The first-order valence-corrected chi connectivity index (χ1v) is 11.0. The van der Waals surface area contributed by atoms with Gasteiger partial charge in [-0.25, -0.2) is 0 Å². The minimum Gasteiger partial charge on any atom is -0.0617 e. The van der Waals surface area contributed by atoms with Gasteiger partial charge in [0.05, 0.1) is 0 Å². The smallest absolute Gasteiger partial charge is 0.0105 e. The standard InChI is InChI=1S/C32H28/c1-25-17-21-27(22-18-25)9-3-5-11-29-13-7-16-32-30(14-8-15-31(29)32)12-6-4-10-28-23-19-26(2)20-24-28/h3-24H,1-2H3/b9-3+,10-4+,11-5+,12-6+. The molecule has 0 heteroatoms. The van der Waals surface area contributed by atoms with E-state index in [0.717, 1.165) is 0 Å². The second-order valence-electron chi connectivity index (χ2n) is 8.05. The van der Waals surface area contributed by atoms with Crippen LogP contribution in [0.25, 0.3) is 35.1 Å². The Morgan fingerprint density at radius 2 is 0.781 bits per heavy atom. The van der Waals surface area contributed by atoms with Gasteiger partial charge in [0.2, 0.25) is 0 Å². The minimum absolute atomic E-state index is 1.21. The average Bonchev–Trinajstić information content (AvgIpc) is 2.82. The molecule has 0 N–H and O–H groups in total. The summed E-state index contributed by atoms with van der Waals surface area (Å²) < 4.78 is 0. The van der Waals surface area contributed by atoms with Gasteiger partial charge in [0.1, 0.15) is 0 Å². The van der Waals surface area contributed by atoms with Crippen LogP contribution in [0.3, 0.4) is 0 Å². The summed E-state index contributed by atoms with van der Waals surface area (Å²) >= 11 is 0. The molecule has 4 aromatic rings. The molecule has 0 bridgehead atoms. The van der Waals surface area contributed by atoms with Crippen molar-refractivity contribution in [3.63, 3.8) is 0 Å². The van der Waals surface area contributed by atoms with E-state index in [-0.39, 0.29) is 0 Å². The van der Waals surface area contributed by atoms with Gasteiger partial charge in [-0.15, -0.1) is 0 Å². The van der Waals surface area contributed by atoms with E-state index in [4.69, 9.17) is 0 Å². The molecule has 0 saturated carbocycles. The molecule has 0 saturated heterocycles. The molecule has 0 atom stereocenters. The van der Waals surface area contributed by atoms with Crippen molar-refractivity contribution in [1.29, 1.82) is 0 Å². The van der Waals surface area contributed by atoms with Crippen molar-refractivity contribution in [2.45, 2.75) is 13.8 Å². The van der Waals surface area contributed by atoms with E-state index in [2.05, 4.69) is 147 Å². The van der Waals surface area contributed by atoms with E-state index in [0.29, 0.717) is 0 Å². The van der Waals surface area contributed by atoms with Gasteiger partial charge in [-0.2, -0.15) is 0 Å². The second-order valence-corrected chi connectivity index (χ2v) is 8.05. The first kappa shape index (κ1) is 21.3. The summed E-state index contributed by atoms with van der Waals surface area (Å²) in [6, 6.07) is 30.1. The lowest BCUT2D eigenvalue weighted by atomic mass is 9.99. The Kier molecular flexibility index (Phi) is 6.94. The Labute approximate surface area is 191 Å². The zero-order valence-electron chi connectivity index (χ0n) is 18.7. The van der Waals surface area contributed by atoms with Gasteiger partial charge in [0.25, 0.3) is 0 Å². The first-order valence-electron chi connectivity index (χ1n) is 11.0. The SMILES string of the molecule is Cc1ccc(/C=C/C=C/c2cccc3c(/C=C/C=C/c4ccc(C)cc4)cccc23)cc1. The molecule has 0 aliphatic heterocycles. The van der Waals surface area contributed by atoms with Crippen LogP contribution in [0, 0.1) is 13.8 Å². The maximum atomic E-state index is 2.19. The Morgan fingerprint density at radius 1 is 0.406 bits per heavy atom. The van der Waals surface area contributed by atoms with Gasteiger partial charge in [0, 0.05) is 0 Å². The van der Waals surface area contributed by atoms with Crippen molar-refractivity contribution < 1.29 is 0 Å². The number of aryl methyl sites for hydroxylation is 2. The summed E-state index contributed by atoms with van der Waals surface area (Å²) in [5.74, 6) is 0. The molecule has 0 fully saturated rings. The highest BCUT2D eigenvalue weighted by atomic mass is 14.0. The molecular formula is C32H28. The molecule has 156 valence electrons. The number of fused-ring (bicyclic) bond motifs is 1. The predicted molar refractivity (Wildman–Crippen MR) is 142 cm³/mol. The Bertz CT molecular complexity index is 1190. The lowest BCUT2D eigenvalue weighted by Crippen LogP contribution is -1.82. The van der Waals surface area contributed by atoms with Crippen LogP contribution >= 0.6 is 0 Å². The van der Waals surface area contributed by atoms with Crippen LogP contribution in [0.5, 0.6) is 0 Å². The third-order valence-electron chi connectivity index (χ3n) is 5.50. The summed E-state index contributed by atoms with van der Waals surface area (Å²) in [4.78, 5) is 0. The van der Waals surface area contributed by atoms with Crippen LogP contribution in [0.2, 0.25) is 0 Å². The third kappa shape index (κ3) is 5.62. The van der Waals surface area contributed by atoms with Crippen molar-refractivity contribution in [3.8, 4) is 0 Å². The molecule has 0 aliphatic rings. The Morgan fingerprint density at radius 3 is 1.19 bits per heavy atom. The molecule has 4 aromatic carbocycles. The quantitative estimate of drug-likeness (QED) is 0.277. The van der Waals surface area contributed by atoms with Gasteiger partial charge >= 0.3 is 0 Å². The number of allylic oxidation sites excluding steroid dienone is 4. The molecule has 0 unspecified atom stereocenters. The number of hydrogen-bond acceptors (Lipinski definition) is 0.